The predicted molar refractivity (Wildman–Crippen MR) is 160 cm³/mol. The van der Waals surface area contributed by atoms with E-state index in [0.29, 0.717) is 17.6 Å². The largest absolute Gasteiger partial charge is 0.460 e. The van der Waals surface area contributed by atoms with Crippen LogP contribution < -0.4 is 5.73 Å². The average Bonchev–Trinajstić information content (AvgIpc) is 3.24. The van der Waals surface area contributed by atoms with Gasteiger partial charge in [-0.05, 0) is 74.8 Å². The molecule has 0 bridgehead atoms. The second-order valence-corrected chi connectivity index (χ2v) is 13.6. The Kier molecular flexibility index (Phi) is 9.82. The Morgan fingerprint density at radius 2 is 1.85 bits per heavy atom. The van der Waals surface area contributed by atoms with Crippen molar-refractivity contribution in [1.82, 2.24) is 5.39 Å². The summed E-state index contributed by atoms with van der Waals surface area (Å²) in [5, 5.41) is 51.2. The van der Waals surface area contributed by atoms with Crippen LogP contribution in [0.2, 0.25) is 0 Å². The van der Waals surface area contributed by atoms with Crippen LogP contribution in [-0.2, 0) is 35.1 Å². The van der Waals surface area contributed by atoms with Gasteiger partial charge in [0, 0.05) is 16.7 Å². The zero-order valence-corrected chi connectivity index (χ0v) is 26.6. The van der Waals surface area contributed by atoms with Gasteiger partial charge in [-0.3, -0.25) is 29.6 Å². The molecule has 14 nitrogen and oxygen atoms in total. The molecule has 262 valence electrons. The maximum Gasteiger partial charge on any atom is 0.338 e. The van der Waals surface area contributed by atoms with E-state index in [4.69, 9.17) is 25.6 Å². The molecule has 3 fully saturated rings. The lowest BCUT2D eigenvalue weighted by molar-refractivity contribution is -0.492. The Morgan fingerprint density at radius 1 is 1.12 bits per heavy atom. The molecule has 9 atom stereocenters. The Labute approximate surface area is 275 Å². The highest BCUT2D eigenvalue weighted by Gasteiger charge is 2.76. The van der Waals surface area contributed by atoms with Crippen molar-refractivity contribution in [2.24, 2.45) is 28.4 Å². The number of aliphatic hydroxyl groups is 3. The number of hydrogen-bond acceptors (Lipinski definition) is 14. The first-order valence-corrected chi connectivity index (χ1v) is 15.7. The molecule has 1 aromatic carbocycles. The number of nitrogens with zero attached hydrogens (tertiary/aromatic N) is 1. The van der Waals surface area contributed by atoms with Crippen LogP contribution in [0.25, 0.3) is 0 Å². The number of ketones is 2. The number of aliphatic hydroxyl groups excluding tert-OH is 2. The third kappa shape index (κ3) is 5.81. The number of rotatable bonds is 11. The second-order valence-electron chi connectivity index (χ2n) is 13.6. The van der Waals surface area contributed by atoms with Gasteiger partial charge in [-0.1, -0.05) is 30.7 Å². The molecule has 15 heteroatoms. The number of carbonyl (C=O) groups is 4. The summed E-state index contributed by atoms with van der Waals surface area (Å²) in [6, 6.07) is 4.64. The van der Waals surface area contributed by atoms with Gasteiger partial charge >= 0.3 is 11.9 Å². The van der Waals surface area contributed by atoms with Crippen molar-refractivity contribution < 1.29 is 63.6 Å². The lowest BCUT2D eigenvalue weighted by Crippen LogP contribution is -2.69. The fraction of sp³-hybridized carbons (Fsp3) is 0.576. The lowest BCUT2D eigenvalue weighted by atomic mass is 9.44. The number of halogens is 1. The molecule has 1 aromatic rings. The fourth-order valence-electron chi connectivity index (χ4n) is 8.50. The van der Waals surface area contributed by atoms with Crippen molar-refractivity contribution in [1.29, 1.82) is 0 Å². The summed E-state index contributed by atoms with van der Waals surface area (Å²) in [7, 11) is 0. The number of allylic oxidation sites excluding steroid dienone is 4. The summed E-state index contributed by atoms with van der Waals surface area (Å²) in [4.78, 5) is 55.2. The number of esters is 2. The van der Waals surface area contributed by atoms with Crippen molar-refractivity contribution in [2.75, 3.05) is 19.8 Å². The molecule has 0 aromatic heterocycles. The molecule has 0 aliphatic heterocycles. The third-order valence-electron chi connectivity index (χ3n) is 11.1. The first kappa shape index (κ1) is 35.9. The van der Waals surface area contributed by atoms with Crippen molar-refractivity contribution in [3.63, 3.8) is 0 Å². The van der Waals surface area contributed by atoms with Gasteiger partial charge in [0.05, 0.1) is 29.8 Å². The zero-order chi connectivity index (χ0) is 35.2. The summed E-state index contributed by atoms with van der Waals surface area (Å²) in [5.41, 5.74) is -0.389. The molecule has 48 heavy (non-hydrogen) atoms. The second kappa shape index (κ2) is 13.1. The molecule has 0 heterocycles. The van der Waals surface area contributed by atoms with Gasteiger partial charge in [-0.25, -0.2) is 9.18 Å². The Bertz CT molecular complexity index is 1530. The van der Waals surface area contributed by atoms with Crippen LogP contribution in [0.15, 0.2) is 48.1 Å². The summed E-state index contributed by atoms with van der Waals surface area (Å²) >= 11 is 0. The number of Topliss-reactive ketones (excluding diaryl/α,β-unsaturated/α-hetero) is 1. The molecule has 5 rings (SSSR count). The van der Waals surface area contributed by atoms with Crippen molar-refractivity contribution in [2.45, 2.75) is 75.5 Å². The average molecular weight is 677 g/mol. The quantitative estimate of drug-likeness (QED) is 0.142. The first-order valence-electron chi connectivity index (χ1n) is 15.7. The lowest BCUT2D eigenvalue weighted by Gasteiger charge is -2.62. The highest BCUT2D eigenvalue weighted by atomic mass is 19.1. The Morgan fingerprint density at radius 3 is 2.56 bits per heavy atom. The summed E-state index contributed by atoms with van der Waals surface area (Å²) in [6.45, 7) is 1.45. The van der Waals surface area contributed by atoms with Gasteiger partial charge in [-0.15, -0.1) is 0 Å². The highest BCUT2D eigenvalue weighted by molar-refractivity contribution is 6.01. The minimum absolute atomic E-state index is 0.0939. The van der Waals surface area contributed by atoms with Crippen LogP contribution in [0.5, 0.6) is 0 Å². The summed E-state index contributed by atoms with van der Waals surface area (Å²) in [6.07, 6.45) is 1.12. The fourth-order valence-corrected chi connectivity index (χ4v) is 8.50. The number of hydrogen-bond donors (Lipinski definition) is 6. The van der Waals surface area contributed by atoms with Crippen LogP contribution in [0, 0.1) is 22.7 Å². The van der Waals surface area contributed by atoms with Crippen LogP contribution in [0.4, 0.5) is 4.39 Å². The molecular formula is C33H41FN2O12. The minimum Gasteiger partial charge on any atom is -0.460 e. The van der Waals surface area contributed by atoms with E-state index in [0.717, 1.165) is 0 Å². The normalized spacial score (nSPS) is 36.0. The molecule has 3 saturated carbocycles. The van der Waals surface area contributed by atoms with E-state index in [2.05, 4.69) is 4.84 Å². The molecular weight excluding hydrogens is 635 g/mol. The molecule has 0 spiro atoms. The van der Waals surface area contributed by atoms with E-state index in [1.165, 1.54) is 37.3 Å². The van der Waals surface area contributed by atoms with E-state index in [-0.39, 0.29) is 43.6 Å². The number of nitrogens with two attached hydrogens (primary N) is 1. The van der Waals surface area contributed by atoms with Gasteiger partial charge in [0.1, 0.15) is 12.6 Å². The number of carbonyl (C=O) groups excluding carboxylic acids is 4. The zero-order valence-electron chi connectivity index (χ0n) is 26.6. The van der Waals surface area contributed by atoms with Crippen molar-refractivity contribution >= 4 is 23.5 Å². The molecule has 0 saturated heterocycles. The van der Waals surface area contributed by atoms with Gasteiger partial charge in [-0.2, -0.15) is 0 Å². The molecule has 4 aliphatic rings. The van der Waals surface area contributed by atoms with Crippen LogP contribution >= 0.6 is 0 Å². The SMILES string of the molecule is C[C@]12C=CC(=O)C=C1CC[C@H]1[C@@H]3C[C@@H](O)[C@](O)(C(=O)COC(=O)C(N)COC(=O)c4cccc(CCON(O)O)c4)[C@@]3(C)C[C@H](O)[C@@]12F. The number of alkyl halides is 1. The molecule has 0 amide bonds. The van der Waals surface area contributed by atoms with Crippen LogP contribution in [0.1, 0.15) is 55.5 Å². The molecule has 7 N–H and O–H groups in total. The molecule has 1 unspecified atom stereocenters. The number of fused-ring (bicyclic) bond motifs is 5. The smallest absolute Gasteiger partial charge is 0.338 e. The van der Waals surface area contributed by atoms with E-state index in [1.807, 2.05) is 0 Å². The van der Waals surface area contributed by atoms with Gasteiger partial charge in [0.25, 0.3) is 0 Å². The first-order chi connectivity index (χ1) is 22.5. The third-order valence-corrected chi connectivity index (χ3v) is 11.1. The van der Waals surface area contributed by atoms with E-state index < -0.39 is 88.5 Å². The molecule has 4 aliphatic carbocycles. The van der Waals surface area contributed by atoms with E-state index in [9.17, 15) is 34.5 Å². The minimum atomic E-state index is -2.49. The topological polar surface area (TPSA) is 226 Å². The van der Waals surface area contributed by atoms with E-state index >= 15 is 4.39 Å². The van der Waals surface area contributed by atoms with Gasteiger partial charge in [0.15, 0.2) is 23.7 Å². The number of ether oxygens (including phenoxy) is 2. The standard InChI is InChI=1S/C33H41FN2O12/c1-30-10-8-21(37)13-20(30)6-7-22-23-14-25(38)33(43,31(23,2)15-26(39)32(22,30)34)27(40)17-47-29(42)24(35)16-46-28(41)19-5-3-4-18(12-19)9-11-48-36(44)45/h3-5,8,10,12-13,22-26,38-39,43-45H,6-7,9,11,14-17,35H2,1-2H3/t22-,23-,24?,25+,26-,30-,31-,32-,33-/m0/s1. The van der Waals surface area contributed by atoms with Gasteiger partial charge < -0.3 is 30.5 Å². The van der Waals surface area contributed by atoms with Crippen LogP contribution in [0.3, 0.4) is 0 Å². The monoisotopic (exact) mass is 676 g/mol. The Hall–Kier alpha value is -3.41. The predicted octanol–water partition coefficient (Wildman–Crippen LogP) is 0.910. The van der Waals surface area contributed by atoms with E-state index in [1.54, 1.807) is 19.1 Å². The summed E-state index contributed by atoms with van der Waals surface area (Å²) < 4.78 is 27.5. The Balaban J connectivity index is 1.21. The summed E-state index contributed by atoms with van der Waals surface area (Å²) in [5.74, 6) is -4.86. The number of benzene rings is 1. The van der Waals surface area contributed by atoms with Crippen molar-refractivity contribution in [3.8, 4) is 0 Å². The highest BCUT2D eigenvalue weighted by Crippen LogP contribution is 2.69. The molecule has 0 radical (unpaired) electrons. The maximum atomic E-state index is 17.3. The van der Waals surface area contributed by atoms with Crippen molar-refractivity contribution in [3.05, 3.63) is 59.2 Å². The maximum absolute atomic E-state index is 17.3. The van der Waals surface area contributed by atoms with Crippen LogP contribution in [-0.4, -0.2) is 104 Å². The van der Waals surface area contributed by atoms with Gasteiger partial charge in [0.2, 0.25) is 5.78 Å².